The first kappa shape index (κ1) is 12.6. The molecule has 0 saturated heterocycles. The van der Waals surface area contributed by atoms with Crippen LogP contribution in [-0.2, 0) is 11.2 Å². The van der Waals surface area contributed by atoms with Gasteiger partial charge in [-0.15, -0.1) is 11.3 Å². The Morgan fingerprint density at radius 1 is 1.50 bits per heavy atom. The van der Waals surface area contributed by atoms with E-state index in [4.69, 9.17) is 0 Å². The van der Waals surface area contributed by atoms with Crippen molar-refractivity contribution >= 4 is 28.1 Å². The minimum Gasteiger partial charge on any atom is -0.464 e. The number of ether oxygens (including phenoxy) is 1. The van der Waals surface area contributed by atoms with E-state index in [0.717, 1.165) is 12.1 Å². The molecule has 0 amide bonds. The minimum absolute atomic E-state index is 0.330. The second kappa shape index (κ2) is 5.64. The van der Waals surface area contributed by atoms with E-state index < -0.39 is 5.97 Å². The van der Waals surface area contributed by atoms with Crippen LogP contribution in [0.1, 0.15) is 23.0 Å². The number of thiazole rings is 1. The lowest BCUT2D eigenvalue weighted by Gasteiger charge is -2.04. The molecule has 1 heterocycles. The zero-order chi connectivity index (χ0) is 13.0. The van der Waals surface area contributed by atoms with Gasteiger partial charge < -0.3 is 10.1 Å². The van der Waals surface area contributed by atoms with E-state index in [1.54, 1.807) is 5.38 Å². The van der Waals surface area contributed by atoms with Crippen LogP contribution in [0, 0.1) is 0 Å². The molecule has 4 nitrogen and oxygen atoms in total. The summed E-state index contributed by atoms with van der Waals surface area (Å²) in [5, 5.41) is 5.54. The predicted molar refractivity (Wildman–Crippen MR) is 72.6 cm³/mol. The molecular formula is C13H14N2O2S. The van der Waals surface area contributed by atoms with Gasteiger partial charge in [-0.1, -0.05) is 19.1 Å². The highest BCUT2D eigenvalue weighted by atomic mass is 32.1. The standard InChI is InChI=1S/C13H14N2O2S/c1-3-9-5-4-6-10(7-9)14-13-15-11(8-18-13)12(16)17-2/h4-8H,3H2,1-2H3,(H,14,15). The van der Waals surface area contributed by atoms with Gasteiger partial charge in [0.05, 0.1) is 7.11 Å². The Labute approximate surface area is 110 Å². The number of esters is 1. The molecule has 2 aromatic rings. The number of carbonyl (C=O) groups excluding carboxylic acids is 1. The Morgan fingerprint density at radius 2 is 2.33 bits per heavy atom. The van der Waals surface area contributed by atoms with E-state index in [0.29, 0.717) is 10.8 Å². The molecule has 0 atom stereocenters. The predicted octanol–water partition coefficient (Wildman–Crippen LogP) is 3.24. The van der Waals surface area contributed by atoms with E-state index in [2.05, 4.69) is 34.1 Å². The zero-order valence-corrected chi connectivity index (χ0v) is 11.1. The van der Waals surface area contributed by atoms with Gasteiger partial charge in [-0.3, -0.25) is 0 Å². The van der Waals surface area contributed by atoms with Crippen molar-refractivity contribution in [2.45, 2.75) is 13.3 Å². The summed E-state index contributed by atoms with van der Waals surface area (Å²) < 4.78 is 4.61. The van der Waals surface area contributed by atoms with Gasteiger partial charge in [0.1, 0.15) is 0 Å². The van der Waals surface area contributed by atoms with Gasteiger partial charge in [-0.25, -0.2) is 9.78 Å². The van der Waals surface area contributed by atoms with Crippen LogP contribution < -0.4 is 5.32 Å². The van der Waals surface area contributed by atoms with E-state index in [1.165, 1.54) is 24.0 Å². The van der Waals surface area contributed by atoms with Crippen LogP contribution in [0.4, 0.5) is 10.8 Å². The second-order valence-electron chi connectivity index (χ2n) is 3.71. The van der Waals surface area contributed by atoms with E-state index in [-0.39, 0.29) is 0 Å². The minimum atomic E-state index is -0.415. The van der Waals surface area contributed by atoms with Gasteiger partial charge in [-0.2, -0.15) is 0 Å². The van der Waals surface area contributed by atoms with Crippen LogP contribution in [0.25, 0.3) is 0 Å². The van der Waals surface area contributed by atoms with Gasteiger partial charge in [0, 0.05) is 11.1 Å². The van der Waals surface area contributed by atoms with Crippen LogP contribution in [0.3, 0.4) is 0 Å². The maximum Gasteiger partial charge on any atom is 0.357 e. The molecule has 18 heavy (non-hydrogen) atoms. The summed E-state index contributed by atoms with van der Waals surface area (Å²) in [6.07, 6.45) is 0.987. The average Bonchev–Trinajstić information content (AvgIpc) is 2.86. The van der Waals surface area contributed by atoms with Crippen molar-refractivity contribution in [2.75, 3.05) is 12.4 Å². The topological polar surface area (TPSA) is 51.2 Å². The summed E-state index contributed by atoms with van der Waals surface area (Å²) in [6.45, 7) is 2.11. The molecule has 0 fully saturated rings. The molecule has 2 rings (SSSR count). The zero-order valence-electron chi connectivity index (χ0n) is 10.3. The fraction of sp³-hybridized carbons (Fsp3) is 0.231. The van der Waals surface area contributed by atoms with Crippen molar-refractivity contribution in [2.24, 2.45) is 0 Å². The first-order valence-electron chi connectivity index (χ1n) is 5.62. The maximum atomic E-state index is 11.3. The van der Waals surface area contributed by atoms with Crippen LogP contribution in [0.2, 0.25) is 0 Å². The number of carbonyl (C=O) groups is 1. The lowest BCUT2D eigenvalue weighted by atomic mass is 10.1. The highest BCUT2D eigenvalue weighted by Gasteiger charge is 2.10. The largest absolute Gasteiger partial charge is 0.464 e. The van der Waals surface area contributed by atoms with Gasteiger partial charge in [-0.05, 0) is 24.1 Å². The molecule has 0 spiro atoms. The van der Waals surface area contributed by atoms with Gasteiger partial charge in [0.25, 0.3) is 0 Å². The third kappa shape index (κ3) is 2.87. The molecule has 0 radical (unpaired) electrons. The van der Waals surface area contributed by atoms with E-state index in [9.17, 15) is 4.79 Å². The number of nitrogens with zero attached hydrogens (tertiary/aromatic N) is 1. The molecule has 5 heteroatoms. The Hall–Kier alpha value is -1.88. The summed E-state index contributed by atoms with van der Waals surface area (Å²) >= 11 is 1.38. The molecule has 1 N–H and O–H groups in total. The van der Waals surface area contributed by atoms with Crippen molar-refractivity contribution in [3.05, 3.63) is 40.9 Å². The number of hydrogen-bond acceptors (Lipinski definition) is 5. The van der Waals surface area contributed by atoms with Crippen molar-refractivity contribution < 1.29 is 9.53 Å². The smallest absolute Gasteiger partial charge is 0.357 e. The Kier molecular flexibility index (Phi) is 3.94. The van der Waals surface area contributed by atoms with Crippen LogP contribution >= 0.6 is 11.3 Å². The first-order chi connectivity index (χ1) is 8.72. The Morgan fingerprint density at radius 3 is 3.06 bits per heavy atom. The molecular weight excluding hydrogens is 248 g/mol. The maximum absolute atomic E-state index is 11.3. The second-order valence-corrected chi connectivity index (χ2v) is 4.57. The first-order valence-corrected chi connectivity index (χ1v) is 6.50. The molecule has 1 aromatic heterocycles. The number of aryl methyl sites for hydroxylation is 1. The molecule has 0 aliphatic carbocycles. The number of anilines is 2. The molecule has 94 valence electrons. The number of aromatic nitrogens is 1. The van der Waals surface area contributed by atoms with E-state index in [1.807, 2.05) is 12.1 Å². The average molecular weight is 262 g/mol. The summed E-state index contributed by atoms with van der Waals surface area (Å²) in [6, 6.07) is 8.11. The summed E-state index contributed by atoms with van der Waals surface area (Å²) in [4.78, 5) is 15.4. The van der Waals surface area contributed by atoms with Gasteiger partial charge >= 0.3 is 5.97 Å². The third-order valence-electron chi connectivity index (χ3n) is 2.49. The van der Waals surface area contributed by atoms with Crippen LogP contribution in [0.15, 0.2) is 29.6 Å². The molecule has 0 aliphatic rings. The summed E-state index contributed by atoms with van der Waals surface area (Å²) in [7, 11) is 1.35. The monoisotopic (exact) mass is 262 g/mol. The Bertz CT molecular complexity index is 551. The van der Waals surface area contributed by atoms with Crippen LogP contribution in [-0.4, -0.2) is 18.1 Å². The highest BCUT2D eigenvalue weighted by molar-refractivity contribution is 7.14. The lowest BCUT2D eigenvalue weighted by molar-refractivity contribution is 0.0595. The number of rotatable bonds is 4. The lowest BCUT2D eigenvalue weighted by Crippen LogP contribution is -2.01. The van der Waals surface area contributed by atoms with Crippen molar-refractivity contribution in [1.82, 2.24) is 4.98 Å². The molecule has 0 saturated carbocycles. The number of methoxy groups -OCH3 is 1. The van der Waals surface area contributed by atoms with Gasteiger partial charge in [0.15, 0.2) is 10.8 Å². The summed E-state index contributed by atoms with van der Waals surface area (Å²) in [5.41, 5.74) is 2.56. The number of benzene rings is 1. The quantitative estimate of drug-likeness (QED) is 0.859. The van der Waals surface area contributed by atoms with Crippen molar-refractivity contribution in [3.8, 4) is 0 Å². The number of hydrogen-bond donors (Lipinski definition) is 1. The normalized spacial score (nSPS) is 10.1. The van der Waals surface area contributed by atoms with Gasteiger partial charge in [0.2, 0.25) is 0 Å². The fourth-order valence-corrected chi connectivity index (χ4v) is 2.22. The van der Waals surface area contributed by atoms with Crippen molar-refractivity contribution in [3.63, 3.8) is 0 Å². The SMILES string of the molecule is CCc1cccc(Nc2nc(C(=O)OC)cs2)c1. The number of nitrogens with one attached hydrogen (secondary N) is 1. The molecule has 1 aromatic carbocycles. The highest BCUT2D eigenvalue weighted by Crippen LogP contribution is 2.22. The third-order valence-corrected chi connectivity index (χ3v) is 3.24. The fourth-order valence-electron chi connectivity index (χ4n) is 1.52. The van der Waals surface area contributed by atoms with E-state index >= 15 is 0 Å². The van der Waals surface area contributed by atoms with Crippen LogP contribution in [0.5, 0.6) is 0 Å². The molecule has 0 unspecified atom stereocenters. The van der Waals surface area contributed by atoms with Crippen molar-refractivity contribution in [1.29, 1.82) is 0 Å². The Balaban J connectivity index is 2.13. The molecule has 0 aliphatic heterocycles. The molecule has 0 bridgehead atoms. The summed E-state index contributed by atoms with van der Waals surface area (Å²) in [5.74, 6) is -0.415.